The first-order chi connectivity index (χ1) is 9.88. The SMILES string of the molecule is CS(=O)(=O)N(CC(=O)N1CCOCC1)c1ccc(F)cn1. The fourth-order valence-corrected chi connectivity index (χ4v) is 2.71. The molecule has 1 saturated heterocycles. The number of hydrogen-bond donors (Lipinski definition) is 0. The van der Waals surface area contributed by atoms with Crippen molar-refractivity contribution in [3.8, 4) is 0 Å². The second-order valence-electron chi connectivity index (χ2n) is 4.60. The molecule has 1 amide bonds. The third-order valence-electron chi connectivity index (χ3n) is 3.01. The fourth-order valence-electron chi connectivity index (χ4n) is 1.92. The number of ether oxygens (including phenoxy) is 1. The summed E-state index contributed by atoms with van der Waals surface area (Å²) in [7, 11) is -3.69. The van der Waals surface area contributed by atoms with Crippen LogP contribution in [0.3, 0.4) is 0 Å². The molecule has 9 heteroatoms. The van der Waals surface area contributed by atoms with Crippen LogP contribution in [-0.4, -0.2) is 63.3 Å². The number of hydrogen-bond acceptors (Lipinski definition) is 5. The number of morpholine rings is 1. The maximum atomic E-state index is 12.9. The Balaban J connectivity index is 2.17. The van der Waals surface area contributed by atoms with E-state index >= 15 is 0 Å². The maximum Gasteiger partial charge on any atom is 0.243 e. The number of halogens is 1. The van der Waals surface area contributed by atoms with Gasteiger partial charge in [0.15, 0.2) is 0 Å². The van der Waals surface area contributed by atoms with Crippen molar-refractivity contribution in [2.45, 2.75) is 0 Å². The van der Waals surface area contributed by atoms with Gasteiger partial charge in [0.2, 0.25) is 15.9 Å². The largest absolute Gasteiger partial charge is 0.378 e. The number of aromatic nitrogens is 1. The average molecular weight is 317 g/mol. The molecule has 1 fully saturated rings. The van der Waals surface area contributed by atoms with Crippen LogP contribution >= 0.6 is 0 Å². The average Bonchev–Trinajstić information content (AvgIpc) is 2.45. The predicted octanol–water partition coefficient (Wildman–Crippen LogP) is -0.154. The van der Waals surface area contributed by atoms with Crippen molar-refractivity contribution >= 4 is 21.7 Å². The molecule has 0 spiro atoms. The summed E-state index contributed by atoms with van der Waals surface area (Å²) < 4.78 is 42.5. The van der Waals surface area contributed by atoms with E-state index in [4.69, 9.17) is 4.74 Å². The molecule has 21 heavy (non-hydrogen) atoms. The molecule has 0 bridgehead atoms. The van der Waals surface area contributed by atoms with Crippen LogP contribution in [0.4, 0.5) is 10.2 Å². The van der Waals surface area contributed by atoms with Gasteiger partial charge in [0.05, 0.1) is 25.7 Å². The van der Waals surface area contributed by atoms with Gasteiger partial charge in [-0.25, -0.2) is 22.1 Å². The molecule has 0 saturated carbocycles. The molecule has 0 radical (unpaired) electrons. The Hall–Kier alpha value is -1.74. The number of pyridine rings is 1. The molecular weight excluding hydrogens is 301 g/mol. The summed E-state index contributed by atoms with van der Waals surface area (Å²) in [5.74, 6) is -0.901. The van der Waals surface area contributed by atoms with Gasteiger partial charge in [-0.05, 0) is 12.1 Å². The normalized spacial score (nSPS) is 15.8. The molecule has 0 atom stereocenters. The fraction of sp³-hybridized carbons (Fsp3) is 0.500. The van der Waals surface area contributed by atoms with E-state index in [1.807, 2.05) is 0 Å². The second kappa shape index (κ2) is 6.35. The number of carbonyl (C=O) groups excluding carboxylic acids is 1. The van der Waals surface area contributed by atoms with Crippen molar-refractivity contribution in [1.29, 1.82) is 0 Å². The van der Waals surface area contributed by atoms with E-state index < -0.39 is 15.8 Å². The van der Waals surface area contributed by atoms with Crippen LogP contribution < -0.4 is 4.31 Å². The minimum atomic E-state index is -3.69. The van der Waals surface area contributed by atoms with E-state index in [-0.39, 0.29) is 18.3 Å². The zero-order valence-electron chi connectivity index (χ0n) is 11.5. The van der Waals surface area contributed by atoms with E-state index in [0.29, 0.717) is 26.3 Å². The third kappa shape index (κ3) is 4.11. The van der Waals surface area contributed by atoms with E-state index in [0.717, 1.165) is 22.8 Å². The van der Waals surface area contributed by atoms with E-state index in [1.54, 1.807) is 0 Å². The highest BCUT2D eigenvalue weighted by molar-refractivity contribution is 7.92. The smallest absolute Gasteiger partial charge is 0.243 e. The first kappa shape index (κ1) is 15.6. The molecule has 1 aromatic heterocycles. The summed E-state index contributed by atoms with van der Waals surface area (Å²) in [5, 5.41) is 0. The first-order valence-corrected chi connectivity index (χ1v) is 8.17. The van der Waals surface area contributed by atoms with Crippen LogP contribution in [0.5, 0.6) is 0 Å². The van der Waals surface area contributed by atoms with Crippen molar-refractivity contribution in [3.05, 3.63) is 24.1 Å². The zero-order chi connectivity index (χ0) is 15.5. The predicted molar refractivity (Wildman–Crippen MR) is 73.8 cm³/mol. The lowest BCUT2D eigenvalue weighted by atomic mass is 10.4. The van der Waals surface area contributed by atoms with Crippen LogP contribution in [0.25, 0.3) is 0 Å². The number of sulfonamides is 1. The Morgan fingerprint density at radius 1 is 1.43 bits per heavy atom. The van der Waals surface area contributed by atoms with Crippen LogP contribution in [0.2, 0.25) is 0 Å². The molecule has 2 heterocycles. The molecule has 1 aliphatic heterocycles. The lowest BCUT2D eigenvalue weighted by molar-refractivity contribution is -0.133. The summed E-state index contributed by atoms with van der Waals surface area (Å²) >= 11 is 0. The highest BCUT2D eigenvalue weighted by atomic mass is 32.2. The molecule has 1 aromatic rings. The van der Waals surface area contributed by atoms with E-state index in [1.165, 1.54) is 11.0 Å². The van der Waals surface area contributed by atoms with E-state index in [9.17, 15) is 17.6 Å². The van der Waals surface area contributed by atoms with Crippen molar-refractivity contribution in [1.82, 2.24) is 9.88 Å². The third-order valence-corrected chi connectivity index (χ3v) is 4.13. The Morgan fingerprint density at radius 2 is 2.10 bits per heavy atom. The van der Waals surface area contributed by atoms with Gasteiger partial charge in [0.25, 0.3) is 0 Å². The van der Waals surface area contributed by atoms with Crippen molar-refractivity contribution in [2.24, 2.45) is 0 Å². The Kier molecular flexibility index (Phi) is 4.73. The van der Waals surface area contributed by atoms with Gasteiger partial charge in [-0.3, -0.25) is 4.79 Å². The number of amides is 1. The Labute approximate surface area is 122 Å². The summed E-state index contributed by atoms with van der Waals surface area (Å²) in [5.41, 5.74) is 0. The molecular formula is C12H16FN3O4S. The number of rotatable bonds is 4. The minimum absolute atomic E-state index is 0.0144. The summed E-state index contributed by atoms with van der Waals surface area (Å²) in [4.78, 5) is 17.4. The van der Waals surface area contributed by atoms with Gasteiger partial charge in [0.1, 0.15) is 18.2 Å². The molecule has 2 rings (SSSR count). The molecule has 116 valence electrons. The topological polar surface area (TPSA) is 79.8 Å². The molecule has 7 nitrogen and oxygen atoms in total. The standard InChI is InChI=1S/C12H16FN3O4S/c1-21(18,19)16(11-3-2-10(13)8-14-11)9-12(17)15-4-6-20-7-5-15/h2-3,8H,4-7,9H2,1H3. The minimum Gasteiger partial charge on any atom is -0.378 e. The van der Waals surface area contributed by atoms with Crippen molar-refractivity contribution in [2.75, 3.05) is 43.4 Å². The Bertz CT molecular complexity index is 599. The molecule has 0 unspecified atom stereocenters. The first-order valence-electron chi connectivity index (χ1n) is 6.33. The highest BCUT2D eigenvalue weighted by Gasteiger charge is 2.25. The number of anilines is 1. The maximum absolute atomic E-state index is 12.9. The molecule has 0 N–H and O–H groups in total. The number of nitrogens with zero attached hydrogens (tertiary/aromatic N) is 3. The monoisotopic (exact) mass is 317 g/mol. The van der Waals surface area contributed by atoms with Gasteiger partial charge in [-0.15, -0.1) is 0 Å². The van der Waals surface area contributed by atoms with Crippen LogP contribution in [0.15, 0.2) is 18.3 Å². The van der Waals surface area contributed by atoms with Gasteiger partial charge in [-0.1, -0.05) is 0 Å². The number of carbonyl (C=O) groups is 1. The van der Waals surface area contributed by atoms with Crippen LogP contribution in [-0.2, 0) is 19.6 Å². The summed E-state index contributed by atoms with van der Waals surface area (Å²) in [6.45, 7) is 1.34. The van der Waals surface area contributed by atoms with Crippen LogP contribution in [0.1, 0.15) is 0 Å². The van der Waals surface area contributed by atoms with Gasteiger partial charge in [0, 0.05) is 13.1 Å². The molecule has 1 aliphatic rings. The molecule has 0 aromatic carbocycles. The van der Waals surface area contributed by atoms with Crippen molar-refractivity contribution in [3.63, 3.8) is 0 Å². The Morgan fingerprint density at radius 3 is 2.62 bits per heavy atom. The summed E-state index contributed by atoms with van der Waals surface area (Å²) in [6.07, 6.45) is 1.89. The molecule has 0 aliphatic carbocycles. The quantitative estimate of drug-likeness (QED) is 0.771. The second-order valence-corrected chi connectivity index (χ2v) is 6.50. The highest BCUT2D eigenvalue weighted by Crippen LogP contribution is 2.15. The van der Waals surface area contributed by atoms with Crippen molar-refractivity contribution < 1.29 is 22.3 Å². The lowest BCUT2D eigenvalue weighted by Crippen LogP contribution is -2.47. The lowest BCUT2D eigenvalue weighted by Gasteiger charge is -2.29. The van der Waals surface area contributed by atoms with Gasteiger partial charge < -0.3 is 9.64 Å². The summed E-state index contributed by atoms with van der Waals surface area (Å²) in [6, 6.07) is 2.32. The van der Waals surface area contributed by atoms with Gasteiger partial charge >= 0.3 is 0 Å². The zero-order valence-corrected chi connectivity index (χ0v) is 12.3. The van der Waals surface area contributed by atoms with E-state index in [2.05, 4.69) is 4.98 Å². The van der Waals surface area contributed by atoms with Crippen LogP contribution in [0, 0.1) is 5.82 Å². The van der Waals surface area contributed by atoms with Gasteiger partial charge in [-0.2, -0.15) is 0 Å².